The van der Waals surface area contributed by atoms with E-state index in [9.17, 15) is 0 Å². The van der Waals surface area contributed by atoms with E-state index in [0.29, 0.717) is 0 Å². The molecular weight excluding hydrogens is 487 g/mol. The van der Waals surface area contributed by atoms with E-state index in [-0.39, 0.29) is 28.0 Å². The van der Waals surface area contributed by atoms with Crippen molar-refractivity contribution >= 4 is 7.92 Å². The van der Waals surface area contributed by atoms with Crippen molar-refractivity contribution in [3.8, 4) is 0 Å². The summed E-state index contributed by atoms with van der Waals surface area (Å²) < 4.78 is 0. The van der Waals surface area contributed by atoms with Gasteiger partial charge in [-0.3, -0.25) is 0 Å². The predicted molar refractivity (Wildman–Crippen MR) is 109 cm³/mol. The summed E-state index contributed by atoms with van der Waals surface area (Å²) in [6.45, 7) is 14.1. The van der Waals surface area contributed by atoms with Crippen LogP contribution in [-0.4, -0.2) is 17.0 Å². The van der Waals surface area contributed by atoms with E-state index in [1.807, 2.05) is 32.1 Å². The molecule has 0 amide bonds. The number of hydrogen-bond donors (Lipinski definition) is 0. The van der Waals surface area contributed by atoms with Gasteiger partial charge in [0.1, 0.15) is 0 Å². The minimum absolute atomic E-state index is 0. The number of hydrogen-bond acceptors (Lipinski definition) is 0. The zero-order valence-corrected chi connectivity index (χ0v) is 19.8. The second kappa shape index (κ2) is 18.9. The minimum Gasteiger partial charge on any atom is -0.0988 e. The molecule has 2 saturated carbocycles. The molecule has 2 aliphatic carbocycles. The third-order valence-electron chi connectivity index (χ3n) is 3.68. The van der Waals surface area contributed by atoms with Gasteiger partial charge in [0.15, 0.2) is 0 Å². The van der Waals surface area contributed by atoms with Crippen LogP contribution >= 0.6 is 7.92 Å². The van der Waals surface area contributed by atoms with Crippen molar-refractivity contribution < 1.29 is 20.1 Å². The largest absolute Gasteiger partial charge is 0.0988 e. The Morgan fingerprint density at radius 3 is 0.833 bits per heavy atom. The van der Waals surface area contributed by atoms with Crippen LogP contribution in [0.25, 0.3) is 0 Å². The molecule has 0 unspecified atom stereocenters. The van der Waals surface area contributed by atoms with Gasteiger partial charge in [-0.05, 0) is 100 Å². The van der Waals surface area contributed by atoms with E-state index >= 15 is 0 Å². The summed E-state index contributed by atoms with van der Waals surface area (Å²) in [6, 6.07) is 0. The minimum atomic E-state index is 0. The Labute approximate surface area is 169 Å². The summed E-state index contributed by atoms with van der Waals surface area (Å²) in [5, 5.41) is 0. The molecule has 0 aliphatic heterocycles. The van der Waals surface area contributed by atoms with Crippen LogP contribution in [-0.2, 0) is 20.1 Å². The first-order valence-electron chi connectivity index (χ1n) is 9.21. The Bertz CT molecular complexity index is 183. The molecule has 0 bridgehead atoms. The topological polar surface area (TPSA) is 0 Å². The maximum atomic E-state index is 2.35. The van der Waals surface area contributed by atoms with Crippen LogP contribution in [0, 0.1) is 57.8 Å². The van der Waals surface area contributed by atoms with Crippen molar-refractivity contribution in [2.45, 2.75) is 84.2 Å². The van der Waals surface area contributed by atoms with E-state index in [2.05, 4.69) is 67.2 Å². The van der Waals surface area contributed by atoms with Crippen LogP contribution in [0.4, 0.5) is 0 Å². The van der Waals surface area contributed by atoms with E-state index in [1.54, 1.807) is 0 Å². The molecule has 10 radical (unpaired) electrons. The normalized spacial score (nSPS) is 18.2. The standard InChI is InChI=1S/C9H21P.C8H12.C5H5.Ir/c1-7(2)10(8(3)4)9(5)6;1-2-4-6-8-7-5-3-1;1-2-4-5-3-1;/h7-9H,1-6H3;1-2,7-8H,3-6H2;1-5H;. The molecule has 140 valence electrons. The summed E-state index contributed by atoms with van der Waals surface area (Å²) >= 11 is 0. The summed E-state index contributed by atoms with van der Waals surface area (Å²) in [5.41, 5.74) is 2.69. The van der Waals surface area contributed by atoms with Crippen LogP contribution in [0.5, 0.6) is 0 Å². The van der Waals surface area contributed by atoms with E-state index < -0.39 is 0 Å². The maximum Gasteiger partial charge on any atom is 0 e. The molecule has 0 aromatic rings. The van der Waals surface area contributed by atoms with Crippen LogP contribution in [0.3, 0.4) is 0 Å². The van der Waals surface area contributed by atoms with Gasteiger partial charge in [0.05, 0.1) is 0 Å². The fourth-order valence-corrected chi connectivity index (χ4v) is 6.54. The van der Waals surface area contributed by atoms with Gasteiger partial charge in [0, 0.05) is 20.1 Å². The Kier molecular flexibility index (Phi) is 21.5. The van der Waals surface area contributed by atoms with Gasteiger partial charge >= 0.3 is 0 Å². The molecule has 2 fully saturated rings. The van der Waals surface area contributed by atoms with Gasteiger partial charge in [-0.25, -0.2) is 0 Å². The third kappa shape index (κ3) is 16.5. The summed E-state index contributed by atoms with van der Waals surface area (Å²) in [6.07, 6.45) is 24.0. The molecule has 0 heterocycles. The maximum absolute atomic E-state index is 2.35. The molecule has 0 saturated heterocycles. The fraction of sp³-hybridized carbons (Fsp3) is 0.591. The van der Waals surface area contributed by atoms with Crippen LogP contribution < -0.4 is 0 Å². The average molecular weight is 526 g/mol. The smallest absolute Gasteiger partial charge is 0 e. The quantitative estimate of drug-likeness (QED) is 0.345. The predicted octanol–water partition coefficient (Wildman–Crippen LogP) is 7.09. The molecule has 0 N–H and O–H groups in total. The summed E-state index contributed by atoms with van der Waals surface area (Å²) in [4.78, 5) is 0. The fourth-order valence-electron chi connectivity index (χ4n) is 2.97. The van der Waals surface area contributed by atoms with Crippen molar-refractivity contribution in [1.29, 1.82) is 0 Å². The van der Waals surface area contributed by atoms with Gasteiger partial charge in [0.2, 0.25) is 0 Å². The Balaban J connectivity index is 0. The molecule has 0 aromatic heterocycles. The van der Waals surface area contributed by atoms with E-state index in [1.165, 1.54) is 25.7 Å². The Morgan fingerprint density at radius 1 is 0.500 bits per heavy atom. The number of rotatable bonds is 3. The van der Waals surface area contributed by atoms with Crippen LogP contribution in [0.15, 0.2) is 0 Å². The first-order valence-corrected chi connectivity index (χ1v) is 10.8. The average Bonchev–Trinajstić information content (AvgIpc) is 2.95. The van der Waals surface area contributed by atoms with Crippen LogP contribution in [0.1, 0.15) is 67.2 Å². The van der Waals surface area contributed by atoms with Gasteiger partial charge in [0.25, 0.3) is 0 Å². The molecule has 2 aliphatic rings. The third-order valence-corrected chi connectivity index (χ3v) is 7.26. The van der Waals surface area contributed by atoms with Gasteiger partial charge in [-0.1, -0.05) is 49.5 Å². The first-order chi connectivity index (χ1) is 11.0. The van der Waals surface area contributed by atoms with Crippen molar-refractivity contribution in [1.82, 2.24) is 0 Å². The Morgan fingerprint density at radius 2 is 0.708 bits per heavy atom. The molecule has 0 aromatic carbocycles. The molecule has 2 rings (SSSR count). The molecule has 0 spiro atoms. The van der Waals surface area contributed by atoms with Crippen molar-refractivity contribution in [3.63, 3.8) is 0 Å². The molecular formula is C22H38IrP. The molecule has 24 heavy (non-hydrogen) atoms. The first kappa shape index (κ1) is 27.3. The summed E-state index contributed by atoms with van der Waals surface area (Å²) in [7, 11) is 0.262. The Hall–Kier alpha value is 1.08. The van der Waals surface area contributed by atoms with E-state index in [0.717, 1.165) is 17.0 Å². The second-order valence-electron chi connectivity index (χ2n) is 6.79. The molecule has 2 heteroatoms. The van der Waals surface area contributed by atoms with Crippen molar-refractivity contribution in [2.24, 2.45) is 0 Å². The van der Waals surface area contributed by atoms with Crippen LogP contribution in [0.2, 0.25) is 0 Å². The monoisotopic (exact) mass is 526 g/mol. The zero-order chi connectivity index (χ0) is 17.5. The van der Waals surface area contributed by atoms with Gasteiger partial charge in [-0.2, -0.15) is 0 Å². The second-order valence-corrected chi connectivity index (χ2v) is 10.8. The SMILES string of the molecule is CC(C)P(C(C)C)C(C)C.[CH]1[CH]CC[CH][CH]CC1.[CH]1[CH][CH][CH][CH]1.[Ir]. The van der Waals surface area contributed by atoms with Crippen molar-refractivity contribution in [3.05, 3.63) is 57.8 Å². The molecule has 0 atom stereocenters. The zero-order valence-electron chi connectivity index (χ0n) is 16.5. The molecule has 0 nitrogen and oxygen atoms in total. The van der Waals surface area contributed by atoms with Gasteiger partial charge in [-0.15, -0.1) is 0 Å². The van der Waals surface area contributed by atoms with Crippen molar-refractivity contribution in [2.75, 3.05) is 0 Å². The van der Waals surface area contributed by atoms with E-state index in [4.69, 9.17) is 0 Å². The summed E-state index contributed by atoms with van der Waals surface area (Å²) in [5.74, 6) is 0. The van der Waals surface area contributed by atoms with Gasteiger partial charge < -0.3 is 0 Å².